The summed E-state index contributed by atoms with van der Waals surface area (Å²) in [6.07, 6.45) is 1.73. The lowest BCUT2D eigenvalue weighted by Crippen LogP contribution is -2.32. The molecular weight excluding hydrogens is 128 g/mol. The highest BCUT2D eigenvalue weighted by Crippen LogP contribution is 1.74. The molecule has 0 radical (unpaired) electrons. The van der Waals surface area contributed by atoms with Gasteiger partial charge in [0.25, 0.3) is 0 Å². The fourth-order valence-corrected chi connectivity index (χ4v) is 0.439. The van der Waals surface area contributed by atoms with Crippen LogP contribution in [-0.4, -0.2) is 38.0 Å². The van der Waals surface area contributed by atoms with E-state index in [0.717, 1.165) is 0 Å². The van der Waals surface area contributed by atoms with Crippen LogP contribution in [-0.2, 0) is 4.79 Å². The molecule has 0 heterocycles. The molecule has 0 rings (SSSR count). The zero-order valence-electron chi connectivity index (χ0n) is 6.55. The van der Waals surface area contributed by atoms with E-state index >= 15 is 0 Å². The predicted octanol–water partition coefficient (Wildman–Crippen LogP) is -0.150. The van der Waals surface area contributed by atoms with Gasteiger partial charge in [0.1, 0.15) is 0 Å². The molecule has 0 aromatic heterocycles. The standard InChI is InChI=1S/C7H14N2O/c1-4-5-8-6-7(10)9(2)3/h4,8H,1,5-6H2,2-3H3. The number of carbonyl (C=O) groups is 1. The van der Waals surface area contributed by atoms with Crippen LogP contribution < -0.4 is 5.32 Å². The molecule has 0 aromatic carbocycles. The smallest absolute Gasteiger partial charge is 0.236 e. The van der Waals surface area contributed by atoms with Crippen LogP contribution in [0.5, 0.6) is 0 Å². The highest BCUT2D eigenvalue weighted by atomic mass is 16.2. The van der Waals surface area contributed by atoms with Crippen molar-refractivity contribution in [1.82, 2.24) is 10.2 Å². The molecule has 3 heteroatoms. The van der Waals surface area contributed by atoms with Gasteiger partial charge in [-0.3, -0.25) is 4.79 Å². The normalized spacial score (nSPS) is 9.00. The van der Waals surface area contributed by atoms with Gasteiger partial charge in [-0.25, -0.2) is 0 Å². The molecule has 10 heavy (non-hydrogen) atoms. The van der Waals surface area contributed by atoms with Crippen molar-refractivity contribution < 1.29 is 4.79 Å². The maximum absolute atomic E-state index is 10.8. The molecule has 1 N–H and O–H groups in total. The minimum atomic E-state index is 0.0850. The van der Waals surface area contributed by atoms with E-state index in [-0.39, 0.29) is 5.91 Å². The van der Waals surface area contributed by atoms with Gasteiger partial charge in [0.2, 0.25) is 5.91 Å². The van der Waals surface area contributed by atoms with Crippen molar-refractivity contribution >= 4 is 5.91 Å². The average molecular weight is 142 g/mol. The third-order valence-corrected chi connectivity index (χ3v) is 1.06. The Morgan fingerprint density at radius 3 is 2.70 bits per heavy atom. The van der Waals surface area contributed by atoms with Gasteiger partial charge in [0.05, 0.1) is 6.54 Å². The van der Waals surface area contributed by atoms with Crippen LogP contribution in [0.2, 0.25) is 0 Å². The number of nitrogens with one attached hydrogen (secondary N) is 1. The molecule has 0 aliphatic heterocycles. The summed E-state index contributed by atoms with van der Waals surface area (Å²) < 4.78 is 0. The minimum absolute atomic E-state index is 0.0850. The summed E-state index contributed by atoms with van der Waals surface area (Å²) >= 11 is 0. The molecule has 0 aliphatic carbocycles. The van der Waals surface area contributed by atoms with Crippen molar-refractivity contribution in [2.24, 2.45) is 0 Å². The topological polar surface area (TPSA) is 32.3 Å². The molecule has 0 fully saturated rings. The minimum Gasteiger partial charge on any atom is -0.348 e. The van der Waals surface area contributed by atoms with Crippen LogP contribution >= 0.6 is 0 Å². The van der Waals surface area contributed by atoms with Gasteiger partial charge in [-0.05, 0) is 0 Å². The first-order valence-electron chi connectivity index (χ1n) is 3.20. The van der Waals surface area contributed by atoms with Crippen LogP contribution in [0.1, 0.15) is 0 Å². The highest BCUT2D eigenvalue weighted by Gasteiger charge is 1.99. The summed E-state index contributed by atoms with van der Waals surface area (Å²) in [5, 5.41) is 2.91. The lowest BCUT2D eigenvalue weighted by molar-refractivity contribution is -0.127. The second kappa shape index (κ2) is 4.99. The molecule has 0 saturated heterocycles. The molecule has 0 bridgehead atoms. The van der Waals surface area contributed by atoms with Gasteiger partial charge in [-0.15, -0.1) is 6.58 Å². The molecule has 0 saturated carbocycles. The van der Waals surface area contributed by atoms with Gasteiger partial charge in [-0.2, -0.15) is 0 Å². The van der Waals surface area contributed by atoms with E-state index in [2.05, 4.69) is 11.9 Å². The highest BCUT2D eigenvalue weighted by molar-refractivity contribution is 5.77. The molecule has 0 spiro atoms. The average Bonchev–Trinajstić information content (AvgIpc) is 1.88. The number of rotatable bonds is 4. The number of nitrogens with zero attached hydrogens (tertiary/aromatic N) is 1. The quantitative estimate of drug-likeness (QED) is 0.437. The lowest BCUT2D eigenvalue weighted by Gasteiger charge is -2.09. The SMILES string of the molecule is C=CCNCC(=O)N(C)C. The summed E-state index contributed by atoms with van der Waals surface area (Å²) in [5.74, 6) is 0.0850. The van der Waals surface area contributed by atoms with Crippen LogP contribution in [0.4, 0.5) is 0 Å². The van der Waals surface area contributed by atoms with Gasteiger partial charge in [0, 0.05) is 20.6 Å². The van der Waals surface area contributed by atoms with E-state index in [0.29, 0.717) is 13.1 Å². The van der Waals surface area contributed by atoms with Crippen molar-refractivity contribution in [1.29, 1.82) is 0 Å². The molecule has 58 valence electrons. The van der Waals surface area contributed by atoms with E-state index in [4.69, 9.17) is 0 Å². The zero-order chi connectivity index (χ0) is 7.98. The molecule has 0 aromatic rings. The summed E-state index contributed by atoms with van der Waals surface area (Å²) in [6.45, 7) is 4.58. The van der Waals surface area contributed by atoms with E-state index in [9.17, 15) is 4.79 Å². The Balaban J connectivity index is 3.30. The molecule has 1 amide bonds. The maximum Gasteiger partial charge on any atom is 0.236 e. The second-order valence-electron chi connectivity index (χ2n) is 2.21. The maximum atomic E-state index is 10.8. The number of hydrogen-bond donors (Lipinski definition) is 1. The van der Waals surface area contributed by atoms with Crippen molar-refractivity contribution in [2.45, 2.75) is 0 Å². The van der Waals surface area contributed by atoms with Crippen LogP contribution in [0.3, 0.4) is 0 Å². The molecular formula is C7H14N2O. The van der Waals surface area contributed by atoms with E-state index in [1.165, 1.54) is 0 Å². The predicted molar refractivity (Wildman–Crippen MR) is 41.8 cm³/mol. The Labute approximate surface area is 61.7 Å². The third-order valence-electron chi connectivity index (χ3n) is 1.06. The third kappa shape index (κ3) is 4.09. The summed E-state index contributed by atoms with van der Waals surface area (Å²) in [5.41, 5.74) is 0. The fourth-order valence-electron chi connectivity index (χ4n) is 0.439. The number of likely N-dealkylation sites (N-methyl/N-ethyl adjacent to an activating group) is 1. The molecule has 0 atom stereocenters. The molecule has 0 unspecified atom stereocenters. The Bertz CT molecular complexity index is 121. The summed E-state index contributed by atoms with van der Waals surface area (Å²) in [4.78, 5) is 12.4. The Kier molecular flexibility index (Phi) is 4.58. The van der Waals surface area contributed by atoms with E-state index in [1.54, 1.807) is 25.1 Å². The Morgan fingerprint density at radius 2 is 2.30 bits per heavy atom. The first kappa shape index (κ1) is 9.17. The van der Waals surface area contributed by atoms with Crippen LogP contribution in [0, 0.1) is 0 Å². The first-order chi connectivity index (χ1) is 4.68. The largest absolute Gasteiger partial charge is 0.348 e. The first-order valence-corrected chi connectivity index (χ1v) is 3.20. The zero-order valence-corrected chi connectivity index (χ0v) is 6.55. The van der Waals surface area contributed by atoms with Gasteiger partial charge < -0.3 is 10.2 Å². The Hall–Kier alpha value is -0.830. The van der Waals surface area contributed by atoms with E-state index < -0.39 is 0 Å². The molecule has 0 aliphatic rings. The Morgan fingerprint density at radius 1 is 1.70 bits per heavy atom. The van der Waals surface area contributed by atoms with Crippen molar-refractivity contribution in [3.63, 3.8) is 0 Å². The van der Waals surface area contributed by atoms with Crippen molar-refractivity contribution in [3.05, 3.63) is 12.7 Å². The van der Waals surface area contributed by atoms with Crippen molar-refractivity contribution in [2.75, 3.05) is 27.2 Å². The number of hydrogen-bond acceptors (Lipinski definition) is 2. The fraction of sp³-hybridized carbons (Fsp3) is 0.571. The van der Waals surface area contributed by atoms with Crippen LogP contribution in [0.15, 0.2) is 12.7 Å². The summed E-state index contributed by atoms with van der Waals surface area (Å²) in [7, 11) is 3.47. The lowest BCUT2D eigenvalue weighted by atomic mass is 10.5. The van der Waals surface area contributed by atoms with E-state index in [1.807, 2.05) is 0 Å². The number of carbonyl (C=O) groups excluding carboxylic acids is 1. The van der Waals surface area contributed by atoms with Crippen molar-refractivity contribution in [3.8, 4) is 0 Å². The van der Waals surface area contributed by atoms with Gasteiger partial charge in [-0.1, -0.05) is 6.08 Å². The van der Waals surface area contributed by atoms with Gasteiger partial charge >= 0.3 is 0 Å². The van der Waals surface area contributed by atoms with Gasteiger partial charge in [0.15, 0.2) is 0 Å². The second-order valence-corrected chi connectivity index (χ2v) is 2.21. The molecule has 3 nitrogen and oxygen atoms in total. The monoisotopic (exact) mass is 142 g/mol. The number of amides is 1. The van der Waals surface area contributed by atoms with Crippen LogP contribution in [0.25, 0.3) is 0 Å². The summed E-state index contributed by atoms with van der Waals surface area (Å²) in [6, 6.07) is 0.